The van der Waals surface area contributed by atoms with Crippen LogP contribution in [0.1, 0.15) is 105 Å². The minimum atomic E-state index is -1.85. The molecule has 18 N–H and O–H groups in total. The van der Waals surface area contributed by atoms with Gasteiger partial charge in [-0.25, -0.2) is 4.79 Å². The zero-order valence-corrected chi connectivity index (χ0v) is 52.8. The van der Waals surface area contributed by atoms with Crippen LogP contribution in [0, 0.1) is 17.8 Å². The summed E-state index contributed by atoms with van der Waals surface area (Å²) in [7, 11) is 0. The van der Waals surface area contributed by atoms with Crippen LogP contribution in [0.25, 0.3) is 0 Å². The van der Waals surface area contributed by atoms with Gasteiger partial charge >= 0.3 is 17.9 Å². The van der Waals surface area contributed by atoms with E-state index in [1.807, 2.05) is 6.26 Å². The van der Waals surface area contributed by atoms with Crippen LogP contribution in [0.5, 0.6) is 0 Å². The molecule has 2 rings (SSSR count). The van der Waals surface area contributed by atoms with Crippen LogP contribution >= 0.6 is 11.8 Å². The number of nitrogens with zero attached hydrogens (tertiary/aromatic N) is 1. The normalized spacial score (nSPS) is 15.6. The van der Waals surface area contributed by atoms with Gasteiger partial charge in [-0.3, -0.25) is 71.9 Å². The Labute approximate surface area is 530 Å². The van der Waals surface area contributed by atoms with Gasteiger partial charge in [0.1, 0.15) is 54.4 Å². The number of hydrogen-bond acceptors (Lipinski definition) is 18. The fourth-order valence-corrected chi connectivity index (χ4v) is 9.65. The van der Waals surface area contributed by atoms with E-state index in [1.54, 1.807) is 58.0 Å². The van der Waals surface area contributed by atoms with Gasteiger partial charge in [0.2, 0.25) is 76.8 Å². The van der Waals surface area contributed by atoms with Crippen LogP contribution in [0.2, 0.25) is 0 Å². The summed E-state index contributed by atoms with van der Waals surface area (Å²) in [5, 5.41) is 54.4. The second-order valence-corrected chi connectivity index (χ2v) is 23.4. The second-order valence-electron chi connectivity index (χ2n) is 22.4. The summed E-state index contributed by atoms with van der Waals surface area (Å²) >= 11 is 1.45. The zero-order chi connectivity index (χ0) is 68.7. The number of nitrogens with one attached hydrogen (secondary N) is 11. The average Bonchev–Trinajstić information content (AvgIpc) is 2.02. The number of benzene rings is 1. The van der Waals surface area contributed by atoms with Crippen molar-refractivity contribution < 1.29 is 92.0 Å². The summed E-state index contributed by atoms with van der Waals surface area (Å²) < 4.78 is 0. The minimum absolute atomic E-state index is 0.00649. The highest BCUT2D eigenvalue weighted by molar-refractivity contribution is 7.98. The van der Waals surface area contributed by atoms with Gasteiger partial charge in [-0.05, 0) is 67.4 Å². The molecule has 0 aliphatic carbocycles. The number of likely N-dealkylation sites (tertiary alicyclic amines) is 1. The molecule has 1 saturated heterocycles. The predicted molar refractivity (Wildman–Crippen MR) is 326 cm³/mol. The van der Waals surface area contributed by atoms with E-state index in [0.29, 0.717) is 24.2 Å². The van der Waals surface area contributed by atoms with Gasteiger partial charge in [-0.2, -0.15) is 11.8 Å². The van der Waals surface area contributed by atoms with Crippen molar-refractivity contribution in [2.75, 3.05) is 44.7 Å². The first kappa shape index (κ1) is 78.1. The highest BCUT2D eigenvalue weighted by atomic mass is 32.2. The molecule has 1 heterocycles. The molecule has 0 bridgehead atoms. The third-order valence-electron chi connectivity index (χ3n) is 14.2. The Balaban J connectivity index is 2.11. The summed E-state index contributed by atoms with van der Waals surface area (Å²) in [6, 6.07) is -4.41. The molecule has 34 heteroatoms. The second kappa shape index (κ2) is 39.9. The average molecular weight is 1310 g/mol. The highest BCUT2D eigenvalue weighted by Gasteiger charge is 2.41. The molecule has 0 aromatic heterocycles. The molecular formula is C57H88N14O19S. The maximum absolute atomic E-state index is 14.0. The monoisotopic (exact) mass is 1300 g/mol. The van der Waals surface area contributed by atoms with Crippen LogP contribution in [-0.2, 0) is 83.1 Å². The van der Waals surface area contributed by atoms with Gasteiger partial charge in [0.05, 0.1) is 39.0 Å². The van der Waals surface area contributed by atoms with E-state index in [0.717, 1.165) is 0 Å². The quantitative estimate of drug-likeness (QED) is 0.0293. The Morgan fingerprint density at radius 2 is 1.13 bits per heavy atom. The molecule has 1 aromatic carbocycles. The number of carboxylic acids is 3. The van der Waals surface area contributed by atoms with Gasteiger partial charge in [0.15, 0.2) is 0 Å². The number of rotatable bonds is 41. The number of primary amides is 1. The van der Waals surface area contributed by atoms with Crippen molar-refractivity contribution in [3.63, 3.8) is 0 Å². The van der Waals surface area contributed by atoms with Crippen LogP contribution in [0.15, 0.2) is 30.3 Å². The third kappa shape index (κ3) is 28.6. The summed E-state index contributed by atoms with van der Waals surface area (Å²) in [4.78, 5) is 209. The number of amides is 13. The van der Waals surface area contributed by atoms with Crippen LogP contribution in [0.4, 0.5) is 0 Å². The van der Waals surface area contributed by atoms with Crippen LogP contribution < -0.4 is 70.0 Å². The first-order valence-corrected chi connectivity index (χ1v) is 30.9. The van der Waals surface area contributed by atoms with E-state index in [1.165, 1.54) is 30.5 Å². The molecule has 0 spiro atoms. The lowest BCUT2D eigenvalue weighted by Gasteiger charge is -2.31. The standard InChI is InChI=1S/C57H88N14O19S/c1-8-31(6)48(70-53(85)39-15-12-19-71(39)56(88)33(18-20-91-7)63-41(73)25-58)55(87)68-37(23-40(59)72)52(84)69-47(30(4)5)54(86)62-28-44(76)65-38(24-46(79)80)49(81)61-26-42(74)60-27-43(75)64-35(21-29(2)3)50(82)67-36(22-32-13-10-9-11-14-32)51(83)66-34(57(89)90)16-17-45(77)78/h9-11,13-14,29-31,33-39,47-48H,8,12,15-28,58H2,1-7H3,(H2,59,72)(H,60,74)(H,61,81)(H,62,86)(H,63,73)(H,64,75)(H,65,76)(H,66,83)(H,67,82)(H,68,87)(H,69,84)(H,70,85)(H,77,78)(H,79,80)(H,89,90)/t31-,33-,34-,35-,36-,37-,38-,39-,47-,48-/m0/s1. The van der Waals surface area contributed by atoms with Crippen molar-refractivity contribution in [2.45, 2.75) is 160 Å². The van der Waals surface area contributed by atoms with Crippen molar-refractivity contribution in [3.8, 4) is 0 Å². The fraction of sp³-hybridized carbons (Fsp3) is 0.614. The van der Waals surface area contributed by atoms with Crippen molar-refractivity contribution >= 4 is 106 Å². The number of hydrogen-bond donors (Lipinski definition) is 16. The molecule has 1 aliphatic heterocycles. The molecule has 33 nitrogen and oxygen atoms in total. The molecule has 1 aromatic rings. The lowest BCUT2D eigenvalue weighted by Crippen LogP contribution is -2.61. The molecular weight excluding hydrogens is 1220 g/mol. The number of aliphatic carboxylic acids is 3. The summed E-state index contributed by atoms with van der Waals surface area (Å²) in [5.74, 6) is -17.3. The van der Waals surface area contributed by atoms with E-state index in [-0.39, 0.29) is 44.7 Å². The first-order valence-electron chi connectivity index (χ1n) is 29.5. The number of thioether (sulfide) groups is 1. The maximum Gasteiger partial charge on any atom is 0.326 e. The van der Waals surface area contributed by atoms with E-state index >= 15 is 0 Å². The SMILES string of the molecule is CC[C@H](C)[C@H](NC(=O)[C@@H]1CCCN1C(=O)[C@H](CCSC)NC(=O)CN)C(=O)N[C@@H](CC(N)=O)C(=O)N[C@H](C(=O)NCC(=O)N[C@@H](CC(=O)O)C(=O)NCC(=O)NCC(=O)N[C@@H](CC(C)C)C(=O)N[C@@H](Cc1ccccc1)C(=O)N[C@@H](CCC(=O)O)C(=O)O)C(C)C. The summed E-state index contributed by atoms with van der Waals surface area (Å²) in [5.41, 5.74) is 11.5. The van der Waals surface area contributed by atoms with Crippen molar-refractivity contribution in [3.05, 3.63) is 35.9 Å². The molecule has 10 atom stereocenters. The summed E-state index contributed by atoms with van der Waals surface area (Å²) in [6.07, 6.45) is 0.0841. The zero-order valence-electron chi connectivity index (χ0n) is 52.0. The largest absolute Gasteiger partial charge is 0.481 e. The van der Waals surface area contributed by atoms with Gasteiger partial charge in [0, 0.05) is 19.4 Å². The molecule has 1 aliphatic rings. The number of carboxylic acid groups (broad SMARTS) is 3. The van der Waals surface area contributed by atoms with Crippen molar-refractivity contribution in [2.24, 2.45) is 29.2 Å². The Hall–Kier alpha value is -8.95. The smallest absolute Gasteiger partial charge is 0.326 e. The lowest BCUT2D eigenvalue weighted by atomic mass is 9.96. The number of nitrogens with two attached hydrogens (primary N) is 2. The molecule has 0 radical (unpaired) electrons. The van der Waals surface area contributed by atoms with E-state index < -0.39 is 206 Å². The number of carbonyl (C=O) groups excluding carboxylic acids is 13. The van der Waals surface area contributed by atoms with Crippen molar-refractivity contribution in [1.29, 1.82) is 0 Å². The van der Waals surface area contributed by atoms with E-state index in [2.05, 4.69) is 58.5 Å². The highest BCUT2D eigenvalue weighted by Crippen LogP contribution is 2.21. The van der Waals surface area contributed by atoms with Gasteiger partial charge in [-0.1, -0.05) is 78.3 Å². The fourth-order valence-electron chi connectivity index (χ4n) is 9.18. The Morgan fingerprint density at radius 1 is 0.582 bits per heavy atom. The maximum atomic E-state index is 14.0. The Morgan fingerprint density at radius 3 is 1.69 bits per heavy atom. The molecule has 13 amide bonds. The van der Waals surface area contributed by atoms with Crippen LogP contribution in [0.3, 0.4) is 0 Å². The lowest BCUT2D eigenvalue weighted by molar-refractivity contribution is -0.143. The number of carbonyl (C=O) groups is 16. The molecule has 0 unspecified atom stereocenters. The predicted octanol–water partition coefficient (Wildman–Crippen LogP) is -4.79. The van der Waals surface area contributed by atoms with Gasteiger partial charge < -0.3 is 90.2 Å². The van der Waals surface area contributed by atoms with Gasteiger partial charge in [0.25, 0.3) is 0 Å². The van der Waals surface area contributed by atoms with E-state index in [9.17, 15) is 86.9 Å². The minimum Gasteiger partial charge on any atom is -0.481 e. The molecule has 91 heavy (non-hydrogen) atoms. The van der Waals surface area contributed by atoms with Crippen molar-refractivity contribution in [1.82, 2.24) is 63.4 Å². The molecule has 1 fully saturated rings. The topological polar surface area (TPSA) is 521 Å². The Kier molecular flexibility index (Phi) is 34.3. The first-order chi connectivity index (χ1) is 42.8. The molecule has 0 saturated carbocycles. The van der Waals surface area contributed by atoms with Gasteiger partial charge in [-0.15, -0.1) is 0 Å². The molecule has 506 valence electrons. The van der Waals surface area contributed by atoms with Crippen LogP contribution in [-0.4, -0.2) is 214 Å². The third-order valence-corrected chi connectivity index (χ3v) is 14.8. The summed E-state index contributed by atoms with van der Waals surface area (Å²) in [6.45, 7) is 7.08. The van der Waals surface area contributed by atoms with E-state index in [4.69, 9.17) is 16.6 Å². The Bertz CT molecular complexity index is 2760.